The van der Waals surface area contributed by atoms with Crippen LogP contribution in [0.4, 0.5) is 17.1 Å². The summed E-state index contributed by atoms with van der Waals surface area (Å²) in [6, 6.07) is 57.8. The number of anilines is 3. The molecule has 6 aliphatic rings. The lowest BCUT2D eigenvalue weighted by molar-refractivity contribution is -0.140. The maximum absolute atomic E-state index is 2.58. The van der Waals surface area contributed by atoms with Crippen molar-refractivity contribution in [2.75, 3.05) is 4.90 Å². The summed E-state index contributed by atoms with van der Waals surface area (Å²) in [6.07, 6.45) is 7.34. The molecule has 6 unspecified atom stereocenters. The van der Waals surface area contributed by atoms with E-state index in [2.05, 4.69) is 157 Å². The molecule has 0 saturated heterocycles. The predicted molar refractivity (Wildman–Crippen MR) is 223 cm³/mol. The van der Waals surface area contributed by atoms with Crippen LogP contribution in [0, 0.1) is 29.1 Å². The van der Waals surface area contributed by atoms with Crippen molar-refractivity contribution < 1.29 is 0 Å². The Labute approximate surface area is 314 Å². The van der Waals surface area contributed by atoms with Crippen molar-refractivity contribution in [2.24, 2.45) is 29.1 Å². The van der Waals surface area contributed by atoms with Gasteiger partial charge < -0.3 is 4.90 Å². The van der Waals surface area contributed by atoms with Gasteiger partial charge in [-0.25, -0.2) is 0 Å². The van der Waals surface area contributed by atoms with Crippen molar-refractivity contribution >= 4 is 59.3 Å². The van der Waals surface area contributed by atoms with Crippen LogP contribution in [0.15, 0.2) is 152 Å². The third kappa shape index (κ3) is 3.68. The monoisotopic (exact) mass is 697 g/mol. The van der Waals surface area contributed by atoms with Gasteiger partial charge in [0.05, 0.1) is 0 Å². The van der Waals surface area contributed by atoms with Gasteiger partial charge in [-0.3, -0.25) is 0 Å². The minimum absolute atomic E-state index is 0.231. The number of thiophene rings is 1. The van der Waals surface area contributed by atoms with E-state index in [-0.39, 0.29) is 5.41 Å². The Morgan fingerprint density at radius 2 is 1.25 bits per heavy atom. The van der Waals surface area contributed by atoms with E-state index in [0.29, 0.717) is 5.41 Å². The Bertz CT molecular complexity index is 2830. The van der Waals surface area contributed by atoms with Gasteiger partial charge >= 0.3 is 0 Å². The Hall–Kier alpha value is -5.18. The molecule has 5 fully saturated rings. The van der Waals surface area contributed by atoms with Crippen molar-refractivity contribution in [3.05, 3.63) is 163 Å². The van der Waals surface area contributed by atoms with Crippen LogP contribution in [0.3, 0.4) is 0 Å². The lowest BCUT2D eigenvalue weighted by Gasteiger charge is -2.67. The van der Waals surface area contributed by atoms with Crippen LogP contribution < -0.4 is 4.90 Å². The molecule has 1 heterocycles. The highest BCUT2D eigenvalue weighted by Gasteiger charge is 2.78. The van der Waals surface area contributed by atoms with Gasteiger partial charge in [-0.15, -0.1) is 11.3 Å². The lowest BCUT2D eigenvalue weighted by Crippen LogP contribution is -2.62. The molecule has 53 heavy (non-hydrogen) atoms. The van der Waals surface area contributed by atoms with E-state index in [1.807, 2.05) is 11.3 Å². The van der Waals surface area contributed by atoms with Crippen LogP contribution in [-0.2, 0) is 5.41 Å². The van der Waals surface area contributed by atoms with E-state index in [9.17, 15) is 0 Å². The highest BCUT2D eigenvalue weighted by atomic mass is 32.1. The largest absolute Gasteiger partial charge is 0.310 e. The van der Waals surface area contributed by atoms with Crippen molar-refractivity contribution in [1.29, 1.82) is 0 Å². The van der Waals surface area contributed by atoms with Gasteiger partial charge in [0.1, 0.15) is 0 Å². The number of rotatable bonds is 4. The van der Waals surface area contributed by atoms with E-state index < -0.39 is 0 Å². The number of nitrogens with zero attached hydrogens (tertiary/aromatic N) is 1. The van der Waals surface area contributed by atoms with E-state index in [0.717, 1.165) is 23.7 Å². The number of hydrogen-bond donors (Lipinski definition) is 0. The van der Waals surface area contributed by atoms with Gasteiger partial charge in [-0.05, 0) is 160 Å². The Kier molecular flexibility index (Phi) is 5.68. The van der Waals surface area contributed by atoms with Gasteiger partial charge in [0.2, 0.25) is 0 Å². The molecular weight excluding hydrogens is 659 g/mol. The van der Waals surface area contributed by atoms with Crippen molar-refractivity contribution in [1.82, 2.24) is 0 Å². The topological polar surface area (TPSA) is 3.24 Å². The Morgan fingerprint density at radius 3 is 2.19 bits per heavy atom. The third-order valence-electron chi connectivity index (χ3n) is 14.9. The molecule has 1 aromatic heterocycles. The molecule has 2 spiro atoms. The molecule has 0 N–H and O–H groups in total. The first-order valence-corrected chi connectivity index (χ1v) is 20.5. The van der Waals surface area contributed by atoms with Gasteiger partial charge in [-0.2, -0.15) is 0 Å². The molecule has 0 radical (unpaired) electrons. The summed E-state index contributed by atoms with van der Waals surface area (Å²) in [5.74, 6) is 3.71. The zero-order valence-corrected chi connectivity index (χ0v) is 30.5. The summed E-state index contributed by atoms with van der Waals surface area (Å²) in [5, 5.41) is 5.16. The summed E-state index contributed by atoms with van der Waals surface area (Å²) in [4.78, 5) is 2.43. The molecule has 14 rings (SSSR count). The van der Waals surface area contributed by atoms with E-state index >= 15 is 0 Å². The molecule has 8 aromatic rings. The second kappa shape index (κ2) is 10.3. The first kappa shape index (κ1) is 29.3. The fourth-order valence-electron chi connectivity index (χ4n) is 13.2. The quantitative estimate of drug-likeness (QED) is 0.177. The molecule has 6 aliphatic carbocycles. The van der Waals surface area contributed by atoms with E-state index in [1.165, 1.54) is 102 Å². The summed E-state index contributed by atoms with van der Waals surface area (Å²) < 4.78 is 2.67. The third-order valence-corrected chi connectivity index (χ3v) is 16.1. The molecule has 2 heteroatoms. The molecule has 1 nitrogen and oxygen atoms in total. The first-order chi connectivity index (χ1) is 26.2. The zero-order valence-electron chi connectivity index (χ0n) is 29.6. The van der Waals surface area contributed by atoms with Crippen molar-refractivity contribution in [3.63, 3.8) is 0 Å². The highest BCUT2D eigenvalue weighted by molar-refractivity contribution is 7.25. The molecule has 254 valence electrons. The van der Waals surface area contributed by atoms with Gasteiger partial charge in [0.15, 0.2) is 0 Å². The maximum Gasteiger partial charge on any atom is 0.0468 e. The minimum atomic E-state index is 0.231. The molecule has 0 aliphatic heterocycles. The van der Waals surface area contributed by atoms with Crippen molar-refractivity contribution in [2.45, 2.75) is 37.5 Å². The van der Waals surface area contributed by atoms with Crippen LogP contribution >= 0.6 is 11.3 Å². The first-order valence-electron chi connectivity index (χ1n) is 19.7. The van der Waals surface area contributed by atoms with Crippen LogP contribution in [0.25, 0.3) is 53.2 Å². The zero-order chi connectivity index (χ0) is 34.5. The van der Waals surface area contributed by atoms with Crippen LogP contribution in [-0.4, -0.2) is 0 Å². The van der Waals surface area contributed by atoms with Crippen LogP contribution in [0.2, 0.25) is 0 Å². The minimum Gasteiger partial charge on any atom is -0.310 e. The number of hydrogen-bond acceptors (Lipinski definition) is 2. The van der Waals surface area contributed by atoms with E-state index in [4.69, 9.17) is 0 Å². The number of benzene rings is 7. The maximum atomic E-state index is 2.58. The summed E-state index contributed by atoms with van der Waals surface area (Å²) in [5.41, 5.74) is 13.2. The van der Waals surface area contributed by atoms with Gasteiger partial charge in [0.25, 0.3) is 0 Å². The van der Waals surface area contributed by atoms with Crippen LogP contribution in [0.1, 0.15) is 43.2 Å². The highest BCUT2D eigenvalue weighted by Crippen LogP contribution is 2.84. The molecule has 7 aromatic carbocycles. The fourth-order valence-corrected chi connectivity index (χ4v) is 14.3. The Morgan fingerprint density at radius 1 is 0.509 bits per heavy atom. The summed E-state index contributed by atoms with van der Waals surface area (Å²) in [7, 11) is 0. The SMILES string of the molecule is c1ccc2c(c1)-c1cc(-c3ccc(N(c4ccc5ccccc5c4)c4ccc5sc6ccccc6c5c4)cc3)ccc1C21C2CC3CC4CC1(C3)C4C2. The average molecular weight is 698 g/mol. The van der Waals surface area contributed by atoms with Crippen molar-refractivity contribution in [3.8, 4) is 22.3 Å². The predicted octanol–water partition coefficient (Wildman–Crippen LogP) is 14.1. The summed E-state index contributed by atoms with van der Waals surface area (Å²) >= 11 is 1.88. The lowest BCUT2D eigenvalue weighted by atomic mass is 9.36. The number of fused-ring (bicyclic) bond motifs is 7. The normalized spacial score (nSPS) is 27.0. The summed E-state index contributed by atoms with van der Waals surface area (Å²) in [6.45, 7) is 0. The second-order valence-corrected chi connectivity index (χ2v) is 18.1. The molecular formula is C51H39NS. The van der Waals surface area contributed by atoms with Gasteiger partial charge in [-0.1, -0.05) is 97.1 Å². The molecule has 4 bridgehead atoms. The standard InChI is InChI=1S/C51H39NS/c1-2-8-34-25-39(19-15-32(34)7-1)52(40-20-22-49-44(28-40)42-10-4-6-12-48(42)53-49)38-17-13-33(14-18-38)35-16-21-46-43(26-35)41-9-3-5-11-45(41)51(46)37-24-31-23-36-30-50(51,29-31)47(36)27-37/h1-22,25-26,28,31,36-37,47H,23-24,27,29-30H2. The average Bonchev–Trinajstić information content (AvgIpc) is 3.72. The smallest absolute Gasteiger partial charge is 0.0468 e. The Balaban J connectivity index is 0.929. The second-order valence-electron chi connectivity index (χ2n) is 17.0. The molecule has 6 atom stereocenters. The van der Waals surface area contributed by atoms with E-state index in [1.54, 1.807) is 11.1 Å². The molecule has 0 amide bonds. The molecule has 5 saturated carbocycles. The fraction of sp³-hybridized carbons (Fsp3) is 0.216. The van der Waals surface area contributed by atoms with Gasteiger partial charge in [0, 0.05) is 42.6 Å². The van der Waals surface area contributed by atoms with Crippen LogP contribution in [0.5, 0.6) is 0 Å².